The molecule has 2 aromatic rings. The number of rotatable bonds is 1. The minimum Gasteiger partial charge on any atom is -0.388 e. The van der Waals surface area contributed by atoms with Gasteiger partial charge >= 0.3 is 0 Å². The Morgan fingerprint density at radius 1 is 0.941 bits per heavy atom. The Bertz CT molecular complexity index is 509. The number of fused-ring (bicyclic) bond motifs is 1. The topological polar surface area (TPSA) is 20.2 Å². The van der Waals surface area contributed by atoms with E-state index >= 15 is 0 Å². The lowest BCUT2D eigenvalue weighted by Gasteiger charge is -2.28. The molecule has 0 aromatic heterocycles. The minimum absolute atomic E-state index is 0.336. The van der Waals surface area contributed by atoms with Crippen LogP contribution in [0.2, 0.25) is 0 Å². The maximum absolute atomic E-state index is 10.2. The summed E-state index contributed by atoms with van der Waals surface area (Å²) in [6, 6.07) is 18.6. The molecule has 2 heteroatoms. The van der Waals surface area contributed by atoms with Crippen molar-refractivity contribution >= 4 is 11.8 Å². The van der Waals surface area contributed by atoms with Gasteiger partial charge in [0, 0.05) is 10.1 Å². The molecule has 2 unspecified atom stereocenters. The van der Waals surface area contributed by atoms with Gasteiger partial charge in [0.25, 0.3) is 0 Å². The zero-order valence-electron chi connectivity index (χ0n) is 9.41. The van der Waals surface area contributed by atoms with E-state index in [4.69, 9.17) is 0 Å². The lowest BCUT2D eigenvalue weighted by molar-refractivity contribution is 0.161. The first-order valence-electron chi connectivity index (χ1n) is 5.83. The fourth-order valence-corrected chi connectivity index (χ4v) is 3.64. The molecule has 0 saturated carbocycles. The van der Waals surface area contributed by atoms with Crippen LogP contribution in [0, 0.1) is 0 Å². The normalized spacial score (nSPS) is 23.1. The molecular weight excluding hydrogens is 228 g/mol. The van der Waals surface area contributed by atoms with Gasteiger partial charge in [0.05, 0.1) is 6.10 Å². The summed E-state index contributed by atoms with van der Waals surface area (Å²) in [5, 5.41) is 10.5. The fraction of sp³-hybridized carbons (Fsp3) is 0.200. The molecule has 1 heterocycles. The lowest BCUT2D eigenvalue weighted by atomic mass is 10.00. The second-order valence-electron chi connectivity index (χ2n) is 4.31. The number of aliphatic hydroxyl groups is 1. The Kier molecular flexibility index (Phi) is 2.91. The summed E-state index contributed by atoms with van der Waals surface area (Å²) in [5.74, 6) is 0. The van der Waals surface area contributed by atoms with Gasteiger partial charge < -0.3 is 5.11 Å². The highest BCUT2D eigenvalue weighted by Crippen LogP contribution is 2.48. The maximum Gasteiger partial charge on any atom is 0.0814 e. The molecule has 0 spiro atoms. The van der Waals surface area contributed by atoms with E-state index < -0.39 is 0 Å². The van der Waals surface area contributed by atoms with Crippen LogP contribution in [0.25, 0.3) is 0 Å². The van der Waals surface area contributed by atoms with Gasteiger partial charge in [-0.25, -0.2) is 0 Å². The first kappa shape index (κ1) is 10.9. The van der Waals surface area contributed by atoms with Crippen molar-refractivity contribution in [2.24, 2.45) is 0 Å². The monoisotopic (exact) mass is 242 g/mol. The zero-order chi connectivity index (χ0) is 11.7. The van der Waals surface area contributed by atoms with Crippen LogP contribution in [-0.4, -0.2) is 5.11 Å². The van der Waals surface area contributed by atoms with E-state index in [0.29, 0.717) is 5.25 Å². The van der Waals surface area contributed by atoms with Crippen LogP contribution in [0.15, 0.2) is 59.5 Å². The third-order valence-electron chi connectivity index (χ3n) is 3.16. The molecule has 1 aliphatic rings. The van der Waals surface area contributed by atoms with Gasteiger partial charge in [0.2, 0.25) is 0 Å². The Hall–Kier alpha value is -1.25. The van der Waals surface area contributed by atoms with Crippen molar-refractivity contribution < 1.29 is 5.11 Å². The van der Waals surface area contributed by atoms with Crippen LogP contribution in [0.5, 0.6) is 0 Å². The number of benzene rings is 2. The highest BCUT2D eigenvalue weighted by Gasteiger charge is 2.26. The maximum atomic E-state index is 10.2. The van der Waals surface area contributed by atoms with Gasteiger partial charge in [0.15, 0.2) is 0 Å². The molecule has 0 bridgehead atoms. The van der Waals surface area contributed by atoms with Crippen molar-refractivity contribution in [3.8, 4) is 0 Å². The summed E-state index contributed by atoms with van der Waals surface area (Å²) >= 11 is 1.85. The SMILES string of the molecule is OC1CC(c2ccccc2)Sc2ccccc21. The van der Waals surface area contributed by atoms with Crippen molar-refractivity contribution in [1.82, 2.24) is 0 Å². The third-order valence-corrected chi connectivity index (χ3v) is 4.53. The van der Waals surface area contributed by atoms with Crippen molar-refractivity contribution in [2.75, 3.05) is 0 Å². The van der Waals surface area contributed by atoms with Gasteiger partial charge in [-0.3, -0.25) is 0 Å². The predicted molar refractivity (Wildman–Crippen MR) is 71.1 cm³/mol. The fourth-order valence-electron chi connectivity index (χ4n) is 2.27. The molecule has 0 radical (unpaired) electrons. The zero-order valence-corrected chi connectivity index (χ0v) is 10.2. The molecule has 1 N–H and O–H groups in total. The lowest BCUT2D eigenvalue weighted by Crippen LogP contribution is -2.10. The van der Waals surface area contributed by atoms with Crippen molar-refractivity contribution in [2.45, 2.75) is 22.7 Å². The Labute approximate surface area is 105 Å². The average Bonchev–Trinajstić information content (AvgIpc) is 2.40. The van der Waals surface area contributed by atoms with Crippen LogP contribution in [0.4, 0.5) is 0 Å². The molecule has 86 valence electrons. The van der Waals surface area contributed by atoms with Crippen LogP contribution >= 0.6 is 11.8 Å². The van der Waals surface area contributed by atoms with Crippen LogP contribution in [0.3, 0.4) is 0 Å². The van der Waals surface area contributed by atoms with Gasteiger partial charge in [-0.05, 0) is 23.6 Å². The van der Waals surface area contributed by atoms with Crippen LogP contribution in [-0.2, 0) is 0 Å². The standard InChI is InChI=1S/C15H14OS/c16-13-10-15(11-6-2-1-3-7-11)17-14-9-5-4-8-12(13)14/h1-9,13,15-16H,10H2. The summed E-state index contributed by atoms with van der Waals surface area (Å²) in [6.07, 6.45) is 0.462. The van der Waals surface area contributed by atoms with Crippen LogP contribution < -0.4 is 0 Å². The van der Waals surface area contributed by atoms with E-state index in [0.717, 1.165) is 12.0 Å². The Morgan fingerprint density at radius 2 is 1.65 bits per heavy atom. The molecule has 0 amide bonds. The van der Waals surface area contributed by atoms with Gasteiger partial charge in [-0.15, -0.1) is 11.8 Å². The number of hydrogen-bond donors (Lipinski definition) is 1. The number of thioether (sulfide) groups is 1. The number of hydrogen-bond acceptors (Lipinski definition) is 2. The highest BCUT2D eigenvalue weighted by atomic mass is 32.2. The van der Waals surface area contributed by atoms with Crippen molar-refractivity contribution in [1.29, 1.82) is 0 Å². The quantitative estimate of drug-likeness (QED) is 0.817. The summed E-state index contributed by atoms with van der Waals surface area (Å²) in [6.45, 7) is 0. The van der Waals surface area contributed by atoms with E-state index in [2.05, 4.69) is 30.3 Å². The summed E-state index contributed by atoms with van der Waals surface area (Å²) in [5.41, 5.74) is 2.37. The van der Waals surface area contributed by atoms with E-state index in [1.807, 2.05) is 36.0 Å². The van der Waals surface area contributed by atoms with E-state index in [1.165, 1.54) is 10.5 Å². The molecule has 3 rings (SSSR count). The predicted octanol–water partition coefficient (Wildman–Crippen LogP) is 3.96. The molecule has 0 aliphatic carbocycles. The molecule has 2 aromatic carbocycles. The van der Waals surface area contributed by atoms with Crippen molar-refractivity contribution in [3.05, 3.63) is 65.7 Å². The Balaban J connectivity index is 1.94. The second-order valence-corrected chi connectivity index (χ2v) is 5.55. The molecule has 0 saturated heterocycles. The minimum atomic E-state index is -0.336. The molecule has 1 nitrogen and oxygen atoms in total. The highest BCUT2D eigenvalue weighted by molar-refractivity contribution is 7.99. The summed E-state index contributed by atoms with van der Waals surface area (Å²) in [7, 11) is 0. The van der Waals surface area contributed by atoms with Gasteiger partial charge in [-0.1, -0.05) is 48.5 Å². The molecule has 0 fully saturated rings. The average molecular weight is 242 g/mol. The van der Waals surface area contributed by atoms with E-state index in [1.54, 1.807) is 0 Å². The van der Waals surface area contributed by atoms with Crippen molar-refractivity contribution in [3.63, 3.8) is 0 Å². The molecule has 17 heavy (non-hydrogen) atoms. The van der Waals surface area contributed by atoms with Crippen LogP contribution in [0.1, 0.15) is 28.9 Å². The summed E-state index contributed by atoms with van der Waals surface area (Å²) in [4.78, 5) is 1.21. The second kappa shape index (κ2) is 4.55. The molecule has 2 atom stereocenters. The van der Waals surface area contributed by atoms with Gasteiger partial charge in [0.1, 0.15) is 0 Å². The first-order valence-corrected chi connectivity index (χ1v) is 6.71. The van der Waals surface area contributed by atoms with E-state index in [9.17, 15) is 5.11 Å². The first-order chi connectivity index (χ1) is 8.34. The number of aliphatic hydroxyl groups excluding tert-OH is 1. The smallest absolute Gasteiger partial charge is 0.0814 e. The third kappa shape index (κ3) is 2.11. The molecule has 1 aliphatic heterocycles. The van der Waals surface area contributed by atoms with E-state index in [-0.39, 0.29) is 6.10 Å². The molecular formula is C15H14OS. The Morgan fingerprint density at radius 3 is 2.47 bits per heavy atom. The summed E-state index contributed by atoms with van der Waals surface area (Å²) < 4.78 is 0. The van der Waals surface area contributed by atoms with Gasteiger partial charge in [-0.2, -0.15) is 0 Å². The largest absolute Gasteiger partial charge is 0.388 e.